The molecule has 9 nitrogen and oxygen atoms in total. The van der Waals surface area contributed by atoms with Gasteiger partial charge >= 0.3 is 12.1 Å². The molecule has 236 valence electrons. The van der Waals surface area contributed by atoms with Crippen LogP contribution in [0, 0.1) is 5.92 Å². The third-order valence-corrected chi connectivity index (χ3v) is 10.5. The molecular formula is C34H37N2O7PS. The van der Waals surface area contributed by atoms with E-state index in [9.17, 15) is 18.9 Å². The van der Waals surface area contributed by atoms with Gasteiger partial charge in [0.05, 0.1) is 19.3 Å². The lowest BCUT2D eigenvalue weighted by molar-refractivity contribution is -0.143. The van der Waals surface area contributed by atoms with Crippen LogP contribution in [-0.4, -0.2) is 50.7 Å². The summed E-state index contributed by atoms with van der Waals surface area (Å²) in [6.07, 6.45) is -0.999. The summed E-state index contributed by atoms with van der Waals surface area (Å²) in [6.45, 7) is 1.64. The number of anilines is 1. The summed E-state index contributed by atoms with van der Waals surface area (Å²) in [4.78, 5) is 41.9. The van der Waals surface area contributed by atoms with E-state index in [0.29, 0.717) is 5.69 Å². The lowest BCUT2D eigenvalue weighted by Crippen LogP contribution is -2.48. The van der Waals surface area contributed by atoms with E-state index in [2.05, 4.69) is 5.32 Å². The molecule has 2 amide bonds. The summed E-state index contributed by atoms with van der Waals surface area (Å²) in [5, 5.41) is 4.43. The van der Waals surface area contributed by atoms with Crippen molar-refractivity contribution < 1.29 is 32.9 Å². The number of alkyl carbamates (subject to hydrolysis) is 1. The number of thiophene rings is 1. The molecule has 0 saturated carbocycles. The normalized spacial score (nSPS) is 13.6. The predicted octanol–water partition coefficient (Wildman–Crippen LogP) is 6.98. The van der Waals surface area contributed by atoms with Crippen LogP contribution < -0.4 is 10.2 Å². The van der Waals surface area contributed by atoms with Crippen LogP contribution in [0.4, 0.5) is 10.5 Å². The number of hydrogen-bond donors (Lipinski definition) is 1. The molecule has 11 heteroatoms. The summed E-state index contributed by atoms with van der Waals surface area (Å²) >= 11 is 1.47. The van der Waals surface area contributed by atoms with Gasteiger partial charge in [-0.25, -0.2) is 9.59 Å². The SMILES string of the molecule is COC(=O)[C@H](C)N(C(=O)C(Cc1cccs1)CP(=O)(CNC(=O)OCc1ccccc1)OC)c1ccc(-c2ccccc2)cc1. The Kier molecular flexibility index (Phi) is 12.1. The predicted molar refractivity (Wildman–Crippen MR) is 176 cm³/mol. The molecule has 0 fully saturated rings. The molecule has 0 radical (unpaired) electrons. The molecule has 1 aromatic heterocycles. The lowest BCUT2D eigenvalue weighted by Gasteiger charge is -2.32. The summed E-state index contributed by atoms with van der Waals surface area (Å²) in [7, 11) is -1.03. The zero-order chi connectivity index (χ0) is 32.2. The minimum Gasteiger partial charge on any atom is -0.467 e. The number of benzene rings is 3. The highest BCUT2D eigenvalue weighted by atomic mass is 32.1. The number of hydrogen-bond acceptors (Lipinski definition) is 8. The summed E-state index contributed by atoms with van der Waals surface area (Å²) in [5.74, 6) is -1.86. The number of carbonyl (C=O) groups excluding carboxylic acids is 3. The van der Waals surface area contributed by atoms with Crippen LogP contribution in [0.3, 0.4) is 0 Å². The fourth-order valence-electron chi connectivity index (χ4n) is 4.86. The molecule has 0 spiro atoms. The van der Waals surface area contributed by atoms with Crippen LogP contribution >= 0.6 is 18.7 Å². The number of rotatable bonds is 14. The van der Waals surface area contributed by atoms with E-state index in [1.54, 1.807) is 19.1 Å². The van der Waals surface area contributed by atoms with Crippen LogP contribution in [0.2, 0.25) is 0 Å². The molecule has 4 rings (SSSR count). The van der Waals surface area contributed by atoms with Gasteiger partial charge in [0.15, 0.2) is 0 Å². The van der Waals surface area contributed by atoms with Crippen molar-refractivity contribution in [2.75, 3.05) is 31.6 Å². The monoisotopic (exact) mass is 648 g/mol. The molecule has 3 aromatic carbocycles. The first kappa shape index (κ1) is 33.6. The Morgan fingerprint density at radius 2 is 1.51 bits per heavy atom. The number of carbonyl (C=O) groups is 3. The Balaban J connectivity index is 1.57. The van der Waals surface area contributed by atoms with Gasteiger partial charge in [-0.15, -0.1) is 11.3 Å². The molecule has 0 aliphatic rings. The molecule has 45 heavy (non-hydrogen) atoms. The van der Waals surface area contributed by atoms with Gasteiger partial charge in [0.25, 0.3) is 0 Å². The van der Waals surface area contributed by atoms with Crippen molar-refractivity contribution in [1.29, 1.82) is 0 Å². The third-order valence-electron chi connectivity index (χ3n) is 7.30. The number of nitrogens with one attached hydrogen (secondary N) is 1. The van der Waals surface area contributed by atoms with E-state index in [0.717, 1.165) is 21.6 Å². The van der Waals surface area contributed by atoms with E-state index in [1.807, 2.05) is 90.3 Å². The zero-order valence-corrected chi connectivity index (χ0v) is 27.2. The van der Waals surface area contributed by atoms with Gasteiger partial charge in [-0.3, -0.25) is 14.3 Å². The highest BCUT2D eigenvalue weighted by Crippen LogP contribution is 2.47. The molecule has 3 atom stereocenters. The highest BCUT2D eigenvalue weighted by molar-refractivity contribution is 7.59. The molecule has 0 aliphatic carbocycles. The standard InChI is InChI=1S/C34H37N2O7PS/c1-25(33(38)41-2)36(30-18-16-28(17-19-30)27-13-8-5-9-14-27)32(37)29(21-31-15-10-20-45-31)23-44(40,42-3)24-35-34(39)43-22-26-11-6-4-7-12-26/h4-20,25,29H,21-24H2,1-3H3,(H,35,39)/t25-,29?,44?/m0/s1. The van der Waals surface area contributed by atoms with Gasteiger partial charge in [-0.05, 0) is 53.6 Å². The minimum atomic E-state index is -3.59. The fraction of sp³-hybridized carbons (Fsp3) is 0.265. The maximum atomic E-state index is 14.4. The lowest BCUT2D eigenvalue weighted by atomic mass is 10.0. The Morgan fingerprint density at radius 3 is 2.11 bits per heavy atom. The van der Waals surface area contributed by atoms with Gasteiger partial charge < -0.3 is 19.3 Å². The molecule has 0 bridgehead atoms. The Morgan fingerprint density at radius 1 is 0.867 bits per heavy atom. The summed E-state index contributed by atoms with van der Waals surface area (Å²) in [6, 6.07) is 29.1. The molecular weight excluding hydrogens is 611 g/mol. The second-order valence-corrected chi connectivity index (χ2v) is 14.1. The number of methoxy groups -OCH3 is 1. The van der Waals surface area contributed by atoms with Crippen LogP contribution in [-0.2, 0) is 41.2 Å². The largest absolute Gasteiger partial charge is 0.467 e. The van der Waals surface area contributed by atoms with E-state index in [-0.39, 0.29) is 25.5 Å². The average molecular weight is 649 g/mol. The Hall–Kier alpha value is -4.24. The van der Waals surface area contributed by atoms with Crippen LogP contribution in [0.25, 0.3) is 11.1 Å². The van der Waals surface area contributed by atoms with Gasteiger partial charge in [-0.1, -0.05) is 78.9 Å². The first-order chi connectivity index (χ1) is 21.7. The van der Waals surface area contributed by atoms with Gasteiger partial charge in [-0.2, -0.15) is 0 Å². The smallest absolute Gasteiger partial charge is 0.407 e. The molecule has 0 saturated heterocycles. The molecule has 1 N–H and O–H groups in total. The van der Waals surface area contributed by atoms with E-state index < -0.39 is 37.3 Å². The molecule has 1 heterocycles. The average Bonchev–Trinajstić information content (AvgIpc) is 3.60. The maximum Gasteiger partial charge on any atom is 0.407 e. The quantitative estimate of drug-likeness (QED) is 0.116. The van der Waals surface area contributed by atoms with Crippen molar-refractivity contribution in [1.82, 2.24) is 5.32 Å². The first-order valence-corrected chi connectivity index (χ1v) is 17.3. The molecule has 0 aliphatic heterocycles. The van der Waals surface area contributed by atoms with E-state index in [4.69, 9.17) is 14.0 Å². The maximum absolute atomic E-state index is 14.4. The summed E-state index contributed by atoms with van der Waals surface area (Å²) < 4.78 is 29.7. The number of amides is 2. The zero-order valence-electron chi connectivity index (χ0n) is 25.5. The second kappa shape index (κ2) is 16.2. The van der Waals surface area contributed by atoms with Crippen molar-refractivity contribution in [2.45, 2.75) is 26.0 Å². The topological polar surface area (TPSA) is 111 Å². The van der Waals surface area contributed by atoms with Crippen LogP contribution in [0.5, 0.6) is 0 Å². The van der Waals surface area contributed by atoms with Gasteiger partial charge in [0.2, 0.25) is 13.3 Å². The Bertz CT molecular complexity index is 1580. The molecule has 4 aromatic rings. The van der Waals surface area contributed by atoms with Crippen molar-refractivity contribution in [3.63, 3.8) is 0 Å². The van der Waals surface area contributed by atoms with Gasteiger partial charge in [0, 0.05) is 23.8 Å². The fourth-order valence-corrected chi connectivity index (χ4v) is 7.38. The third kappa shape index (κ3) is 9.38. The minimum absolute atomic E-state index is 0.0485. The number of ether oxygens (including phenoxy) is 2. The first-order valence-electron chi connectivity index (χ1n) is 14.4. The summed E-state index contributed by atoms with van der Waals surface area (Å²) in [5.41, 5.74) is 3.25. The van der Waals surface area contributed by atoms with Crippen molar-refractivity contribution in [3.8, 4) is 11.1 Å². The van der Waals surface area contributed by atoms with E-state index in [1.165, 1.54) is 30.5 Å². The highest BCUT2D eigenvalue weighted by Gasteiger charge is 2.38. The van der Waals surface area contributed by atoms with Crippen molar-refractivity contribution in [2.24, 2.45) is 5.92 Å². The van der Waals surface area contributed by atoms with Crippen LogP contribution in [0.1, 0.15) is 17.4 Å². The second-order valence-electron chi connectivity index (χ2n) is 10.4. The van der Waals surface area contributed by atoms with E-state index >= 15 is 0 Å². The van der Waals surface area contributed by atoms with Gasteiger partial charge in [0.1, 0.15) is 12.6 Å². The van der Waals surface area contributed by atoms with Crippen LogP contribution in [0.15, 0.2) is 102 Å². The van der Waals surface area contributed by atoms with Crippen molar-refractivity contribution in [3.05, 3.63) is 113 Å². The molecule has 2 unspecified atom stereocenters. The Labute approximate surface area is 267 Å². The number of esters is 1. The van der Waals surface area contributed by atoms with Crippen molar-refractivity contribution >= 4 is 42.4 Å². The number of nitrogens with zero attached hydrogens (tertiary/aromatic N) is 1.